The Morgan fingerprint density at radius 1 is 1.42 bits per heavy atom. The second-order valence-electron chi connectivity index (χ2n) is 2.91. The summed E-state index contributed by atoms with van der Waals surface area (Å²) >= 11 is 0. The number of carbonyl (C=O) groups excluding carboxylic acids is 1. The fourth-order valence-electron chi connectivity index (χ4n) is 0.851. The highest BCUT2D eigenvalue weighted by Crippen LogP contribution is 2.02. The van der Waals surface area contributed by atoms with Crippen LogP contribution in [0.4, 0.5) is 0 Å². The van der Waals surface area contributed by atoms with Gasteiger partial charge in [0.05, 0.1) is 0 Å². The van der Waals surface area contributed by atoms with Crippen LogP contribution >= 0.6 is 0 Å². The summed E-state index contributed by atoms with van der Waals surface area (Å²) in [4.78, 5) is 23.1. The lowest BCUT2D eigenvalue weighted by Crippen LogP contribution is -2.37. The van der Waals surface area contributed by atoms with Crippen molar-refractivity contribution in [2.24, 2.45) is 0 Å². The third-order valence-corrected chi connectivity index (χ3v) is 1.72. The number of carboxylic acid groups (broad SMARTS) is 1. The number of carboxylic acids is 1. The van der Waals surface area contributed by atoms with Crippen LogP contribution in [-0.4, -0.2) is 41.9 Å². The molecule has 0 heterocycles. The third kappa shape index (κ3) is 3.48. The van der Waals surface area contributed by atoms with E-state index < -0.39 is 12.0 Å². The summed E-state index contributed by atoms with van der Waals surface area (Å²) in [6.07, 6.45) is 0.496. The predicted molar refractivity (Wildman–Crippen MR) is 45.0 cm³/mol. The van der Waals surface area contributed by atoms with Gasteiger partial charge in [0.25, 0.3) is 0 Å². The average molecular weight is 173 g/mol. The molecule has 12 heavy (non-hydrogen) atoms. The molecule has 0 aliphatic carbocycles. The summed E-state index contributed by atoms with van der Waals surface area (Å²) in [7, 11) is 3.31. The molecule has 0 aromatic rings. The first-order valence-corrected chi connectivity index (χ1v) is 3.90. The van der Waals surface area contributed by atoms with Crippen molar-refractivity contribution in [2.45, 2.75) is 25.8 Å². The van der Waals surface area contributed by atoms with Gasteiger partial charge in [-0.3, -0.25) is 14.5 Å². The zero-order valence-electron chi connectivity index (χ0n) is 7.70. The molecule has 0 bridgehead atoms. The SMILES string of the molecule is CCC(=O)CC(C(=O)O)N(C)C. The summed E-state index contributed by atoms with van der Waals surface area (Å²) in [6, 6.07) is -0.683. The summed E-state index contributed by atoms with van der Waals surface area (Å²) in [5, 5.41) is 8.69. The Morgan fingerprint density at radius 3 is 2.17 bits per heavy atom. The van der Waals surface area contributed by atoms with Gasteiger partial charge in [0.1, 0.15) is 11.8 Å². The van der Waals surface area contributed by atoms with Crippen molar-refractivity contribution in [2.75, 3.05) is 14.1 Å². The molecule has 0 amide bonds. The smallest absolute Gasteiger partial charge is 0.321 e. The van der Waals surface area contributed by atoms with E-state index in [-0.39, 0.29) is 12.2 Å². The highest BCUT2D eigenvalue weighted by molar-refractivity contribution is 5.85. The van der Waals surface area contributed by atoms with E-state index in [0.29, 0.717) is 6.42 Å². The predicted octanol–water partition coefficient (Wildman–Crippen LogP) is 0.370. The Balaban J connectivity index is 4.14. The summed E-state index contributed by atoms with van der Waals surface area (Å²) in [5.41, 5.74) is 0. The van der Waals surface area contributed by atoms with Gasteiger partial charge in [-0.05, 0) is 14.1 Å². The van der Waals surface area contributed by atoms with E-state index in [9.17, 15) is 9.59 Å². The standard InChI is InChI=1S/C8H15NO3/c1-4-6(10)5-7(8(11)12)9(2)3/h7H,4-5H2,1-3H3,(H,11,12). The van der Waals surface area contributed by atoms with Crippen LogP contribution in [0.2, 0.25) is 0 Å². The van der Waals surface area contributed by atoms with E-state index in [0.717, 1.165) is 0 Å². The highest BCUT2D eigenvalue weighted by Gasteiger charge is 2.21. The first-order chi connectivity index (χ1) is 5.49. The van der Waals surface area contributed by atoms with E-state index >= 15 is 0 Å². The van der Waals surface area contributed by atoms with Crippen LogP contribution in [-0.2, 0) is 9.59 Å². The molecular formula is C8H15NO3. The maximum Gasteiger partial charge on any atom is 0.321 e. The number of Topliss-reactive ketones (excluding diaryl/α,β-unsaturated/α-hetero) is 1. The second-order valence-corrected chi connectivity index (χ2v) is 2.91. The number of ketones is 1. The van der Waals surface area contributed by atoms with Crippen LogP contribution in [0.5, 0.6) is 0 Å². The maximum atomic E-state index is 10.9. The van der Waals surface area contributed by atoms with Crippen molar-refractivity contribution in [3.8, 4) is 0 Å². The van der Waals surface area contributed by atoms with E-state index in [1.165, 1.54) is 4.90 Å². The first kappa shape index (κ1) is 11.1. The topological polar surface area (TPSA) is 57.6 Å². The van der Waals surface area contributed by atoms with Gasteiger partial charge in [-0.15, -0.1) is 0 Å². The van der Waals surface area contributed by atoms with Crippen molar-refractivity contribution < 1.29 is 14.7 Å². The average Bonchev–Trinajstić information content (AvgIpc) is 1.98. The molecule has 0 saturated heterocycles. The van der Waals surface area contributed by atoms with Crippen molar-refractivity contribution >= 4 is 11.8 Å². The second kappa shape index (κ2) is 4.87. The maximum absolute atomic E-state index is 10.9. The van der Waals surface area contributed by atoms with Crippen molar-refractivity contribution in [3.63, 3.8) is 0 Å². The lowest BCUT2D eigenvalue weighted by molar-refractivity contribution is -0.144. The number of nitrogens with zero attached hydrogens (tertiary/aromatic N) is 1. The molecule has 0 aromatic carbocycles. The van der Waals surface area contributed by atoms with Crippen LogP contribution in [0.1, 0.15) is 19.8 Å². The lowest BCUT2D eigenvalue weighted by Gasteiger charge is -2.18. The van der Waals surface area contributed by atoms with Gasteiger partial charge in [0.15, 0.2) is 0 Å². The Labute approximate surface area is 72.2 Å². The van der Waals surface area contributed by atoms with Gasteiger partial charge in [-0.25, -0.2) is 0 Å². The Bertz CT molecular complexity index is 177. The van der Waals surface area contributed by atoms with E-state index in [1.807, 2.05) is 0 Å². The van der Waals surface area contributed by atoms with Gasteiger partial charge in [0.2, 0.25) is 0 Å². The molecule has 4 nitrogen and oxygen atoms in total. The fraction of sp³-hybridized carbons (Fsp3) is 0.750. The highest BCUT2D eigenvalue weighted by atomic mass is 16.4. The van der Waals surface area contributed by atoms with Crippen molar-refractivity contribution in [1.82, 2.24) is 4.90 Å². The van der Waals surface area contributed by atoms with Crippen LogP contribution in [0, 0.1) is 0 Å². The fourth-order valence-corrected chi connectivity index (χ4v) is 0.851. The molecular weight excluding hydrogens is 158 g/mol. The van der Waals surface area contributed by atoms with Gasteiger partial charge < -0.3 is 5.11 Å². The minimum absolute atomic E-state index is 0.0175. The molecule has 0 aromatic heterocycles. The van der Waals surface area contributed by atoms with Gasteiger partial charge >= 0.3 is 5.97 Å². The third-order valence-electron chi connectivity index (χ3n) is 1.72. The lowest BCUT2D eigenvalue weighted by atomic mass is 10.1. The molecule has 0 aliphatic rings. The van der Waals surface area contributed by atoms with Crippen LogP contribution in [0.25, 0.3) is 0 Å². The first-order valence-electron chi connectivity index (χ1n) is 3.90. The van der Waals surface area contributed by atoms with E-state index in [2.05, 4.69) is 0 Å². The zero-order valence-corrected chi connectivity index (χ0v) is 7.70. The molecule has 0 aliphatic heterocycles. The van der Waals surface area contributed by atoms with Crippen LogP contribution < -0.4 is 0 Å². The van der Waals surface area contributed by atoms with Crippen LogP contribution in [0.3, 0.4) is 0 Å². The van der Waals surface area contributed by atoms with E-state index in [1.54, 1.807) is 21.0 Å². The molecule has 0 saturated carbocycles. The summed E-state index contributed by atoms with van der Waals surface area (Å²) in [6.45, 7) is 1.73. The number of hydrogen-bond donors (Lipinski definition) is 1. The molecule has 0 spiro atoms. The van der Waals surface area contributed by atoms with Gasteiger partial charge in [-0.2, -0.15) is 0 Å². The molecule has 4 heteroatoms. The molecule has 1 atom stereocenters. The van der Waals surface area contributed by atoms with Gasteiger partial charge in [-0.1, -0.05) is 6.92 Å². The number of aliphatic carboxylic acids is 1. The Kier molecular flexibility index (Phi) is 4.51. The molecule has 70 valence electrons. The minimum atomic E-state index is -0.943. The van der Waals surface area contributed by atoms with E-state index in [4.69, 9.17) is 5.11 Å². The molecule has 0 fully saturated rings. The quantitative estimate of drug-likeness (QED) is 0.652. The van der Waals surface area contributed by atoms with Gasteiger partial charge in [0, 0.05) is 12.8 Å². The number of carbonyl (C=O) groups is 2. The monoisotopic (exact) mass is 173 g/mol. The molecule has 1 unspecified atom stereocenters. The summed E-state index contributed by atoms with van der Waals surface area (Å²) in [5.74, 6) is -0.960. The molecule has 1 N–H and O–H groups in total. The summed E-state index contributed by atoms with van der Waals surface area (Å²) < 4.78 is 0. The normalized spacial score (nSPS) is 13.0. The Hall–Kier alpha value is -0.900. The largest absolute Gasteiger partial charge is 0.480 e. The van der Waals surface area contributed by atoms with Crippen molar-refractivity contribution in [1.29, 1.82) is 0 Å². The number of hydrogen-bond acceptors (Lipinski definition) is 3. The Morgan fingerprint density at radius 2 is 1.92 bits per heavy atom. The number of rotatable bonds is 5. The number of likely N-dealkylation sites (N-methyl/N-ethyl adjacent to an activating group) is 1. The molecule has 0 radical (unpaired) electrons. The minimum Gasteiger partial charge on any atom is -0.480 e. The van der Waals surface area contributed by atoms with Crippen molar-refractivity contribution in [3.05, 3.63) is 0 Å². The van der Waals surface area contributed by atoms with Crippen LogP contribution in [0.15, 0.2) is 0 Å². The molecule has 0 rings (SSSR count). The zero-order chi connectivity index (χ0) is 9.72.